The predicted octanol–water partition coefficient (Wildman–Crippen LogP) is 3.37. The topological polar surface area (TPSA) is 37.3 Å². The highest BCUT2D eigenvalue weighted by molar-refractivity contribution is 7.22. The van der Waals surface area contributed by atoms with Gasteiger partial charge in [-0.2, -0.15) is 5.10 Å². The second-order valence-corrected chi connectivity index (χ2v) is 4.10. The Balaban J connectivity index is 2.41. The van der Waals surface area contributed by atoms with Gasteiger partial charge >= 0.3 is 0 Å². The number of rotatable bonds is 2. The highest BCUT2D eigenvalue weighted by Gasteiger charge is 2.02. The number of thiazole rings is 1. The summed E-state index contributed by atoms with van der Waals surface area (Å²) >= 11 is 7.39. The van der Waals surface area contributed by atoms with E-state index in [4.69, 9.17) is 11.6 Å². The van der Waals surface area contributed by atoms with E-state index in [2.05, 4.69) is 15.5 Å². The number of hydrogen-bond donors (Lipinski definition) is 1. The first kappa shape index (κ1) is 9.43. The van der Waals surface area contributed by atoms with Crippen LogP contribution in [0, 0.1) is 0 Å². The monoisotopic (exact) mass is 225 g/mol. The lowest BCUT2D eigenvalue weighted by molar-refractivity contribution is 1.31. The van der Waals surface area contributed by atoms with Crippen LogP contribution < -0.4 is 5.43 Å². The number of fused-ring (bicyclic) bond motifs is 1. The molecule has 1 aromatic carbocycles. The Bertz CT molecular complexity index is 478. The van der Waals surface area contributed by atoms with Crippen LogP contribution in [0.15, 0.2) is 23.3 Å². The minimum atomic E-state index is 0.728. The molecule has 5 heteroatoms. The second-order valence-electron chi connectivity index (χ2n) is 2.63. The molecule has 1 heterocycles. The average Bonchev–Trinajstić information content (AvgIpc) is 2.56. The van der Waals surface area contributed by atoms with Crippen LogP contribution in [0.5, 0.6) is 0 Å². The molecule has 0 atom stereocenters. The number of halogens is 1. The molecule has 0 fully saturated rings. The molecule has 0 saturated heterocycles. The third-order valence-electron chi connectivity index (χ3n) is 1.64. The number of aromatic nitrogens is 1. The van der Waals surface area contributed by atoms with Crippen LogP contribution in [-0.4, -0.2) is 11.2 Å². The fourth-order valence-electron chi connectivity index (χ4n) is 1.07. The van der Waals surface area contributed by atoms with Crippen molar-refractivity contribution < 1.29 is 0 Å². The van der Waals surface area contributed by atoms with Crippen molar-refractivity contribution in [2.75, 3.05) is 5.43 Å². The molecule has 0 spiro atoms. The van der Waals surface area contributed by atoms with Crippen LogP contribution in [-0.2, 0) is 0 Å². The van der Waals surface area contributed by atoms with E-state index in [0.717, 1.165) is 20.4 Å². The normalized spacial score (nSPS) is 11.3. The SMILES string of the molecule is CC=NNc1nc2ccc(Cl)cc2s1. The number of anilines is 1. The highest BCUT2D eigenvalue weighted by atomic mass is 35.5. The Kier molecular flexibility index (Phi) is 2.65. The minimum absolute atomic E-state index is 0.728. The molecule has 2 aromatic rings. The van der Waals surface area contributed by atoms with Crippen molar-refractivity contribution in [3.63, 3.8) is 0 Å². The summed E-state index contributed by atoms with van der Waals surface area (Å²) in [5.41, 5.74) is 3.78. The first-order chi connectivity index (χ1) is 6.79. The first-order valence-electron chi connectivity index (χ1n) is 4.09. The van der Waals surface area contributed by atoms with Crippen molar-refractivity contribution in [3.05, 3.63) is 23.2 Å². The summed E-state index contributed by atoms with van der Waals surface area (Å²) in [6.07, 6.45) is 1.68. The summed E-state index contributed by atoms with van der Waals surface area (Å²) in [5.74, 6) is 0. The van der Waals surface area contributed by atoms with Gasteiger partial charge in [0.05, 0.1) is 10.2 Å². The second kappa shape index (κ2) is 3.94. The molecule has 1 aromatic heterocycles. The molecule has 0 bridgehead atoms. The van der Waals surface area contributed by atoms with E-state index in [1.165, 1.54) is 11.3 Å². The van der Waals surface area contributed by atoms with Gasteiger partial charge in [0.25, 0.3) is 0 Å². The summed E-state index contributed by atoms with van der Waals surface area (Å²) in [5, 5.41) is 5.41. The van der Waals surface area contributed by atoms with Gasteiger partial charge in [0.2, 0.25) is 5.13 Å². The van der Waals surface area contributed by atoms with Crippen molar-refractivity contribution in [1.82, 2.24) is 4.98 Å². The van der Waals surface area contributed by atoms with E-state index >= 15 is 0 Å². The lowest BCUT2D eigenvalue weighted by Crippen LogP contribution is -1.85. The Morgan fingerprint density at radius 3 is 3.21 bits per heavy atom. The van der Waals surface area contributed by atoms with E-state index in [1.54, 1.807) is 6.21 Å². The van der Waals surface area contributed by atoms with E-state index < -0.39 is 0 Å². The van der Waals surface area contributed by atoms with Crippen LogP contribution in [0.3, 0.4) is 0 Å². The summed E-state index contributed by atoms with van der Waals surface area (Å²) in [6.45, 7) is 1.84. The summed E-state index contributed by atoms with van der Waals surface area (Å²) in [4.78, 5) is 4.33. The number of benzene rings is 1. The zero-order valence-corrected chi connectivity index (χ0v) is 9.06. The van der Waals surface area contributed by atoms with Crippen molar-refractivity contribution >= 4 is 44.5 Å². The van der Waals surface area contributed by atoms with Gasteiger partial charge in [-0.15, -0.1) is 0 Å². The van der Waals surface area contributed by atoms with E-state index in [9.17, 15) is 0 Å². The maximum absolute atomic E-state index is 5.86. The quantitative estimate of drug-likeness (QED) is 0.629. The van der Waals surface area contributed by atoms with Crippen LogP contribution in [0.2, 0.25) is 5.02 Å². The lowest BCUT2D eigenvalue weighted by Gasteiger charge is -1.88. The number of nitrogens with zero attached hydrogens (tertiary/aromatic N) is 2. The molecule has 0 radical (unpaired) electrons. The van der Waals surface area contributed by atoms with Crippen LogP contribution >= 0.6 is 22.9 Å². The zero-order chi connectivity index (χ0) is 9.97. The molecule has 0 unspecified atom stereocenters. The standard InChI is InChI=1S/C9H8ClN3S/c1-2-11-13-9-12-7-4-3-6(10)5-8(7)14-9/h2-5H,1H3,(H,12,13). The lowest BCUT2D eigenvalue weighted by atomic mass is 10.3. The van der Waals surface area contributed by atoms with Crippen molar-refractivity contribution in [1.29, 1.82) is 0 Å². The maximum Gasteiger partial charge on any atom is 0.204 e. The van der Waals surface area contributed by atoms with Crippen LogP contribution in [0.1, 0.15) is 6.92 Å². The predicted molar refractivity (Wildman–Crippen MR) is 62.4 cm³/mol. The summed E-state index contributed by atoms with van der Waals surface area (Å²) < 4.78 is 1.06. The molecule has 14 heavy (non-hydrogen) atoms. The Labute approximate surface area is 90.4 Å². The molecule has 72 valence electrons. The number of nitrogens with one attached hydrogen (secondary N) is 1. The van der Waals surface area contributed by atoms with E-state index in [0.29, 0.717) is 0 Å². The maximum atomic E-state index is 5.86. The average molecular weight is 226 g/mol. The number of hydrogen-bond acceptors (Lipinski definition) is 4. The van der Waals surface area contributed by atoms with Gasteiger partial charge < -0.3 is 0 Å². The van der Waals surface area contributed by atoms with Gasteiger partial charge in [0.15, 0.2) is 0 Å². The smallest absolute Gasteiger partial charge is 0.204 e. The Hall–Kier alpha value is -1.13. The van der Waals surface area contributed by atoms with Crippen molar-refractivity contribution in [2.24, 2.45) is 5.10 Å². The Morgan fingerprint density at radius 1 is 1.57 bits per heavy atom. The largest absolute Gasteiger partial charge is 0.253 e. The van der Waals surface area contributed by atoms with E-state index in [-0.39, 0.29) is 0 Å². The van der Waals surface area contributed by atoms with Gasteiger partial charge in [-0.1, -0.05) is 22.9 Å². The number of hydrazone groups is 1. The molecule has 0 saturated carbocycles. The molecule has 2 rings (SSSR count). The van der Waals surface area contributed by atoms with Gasteiger partial charge in [-0.05, 0) is 25.1 Å². The molecule has 0 aliphatic rings. The van der Waals surface area contributed by atoms with Crippen molar-refractivity contribution in [2.45, 2.75) is 6.92 Å². The van der Waals surface area contributed by atoms with Gasteiger partial charge in [-0.25, -0.2) is 4.98 Å². The third-order valence-corrected chi connectivity index (χ3v) is 2.80. The van der Waals surface area contributed by atoms with Crippen LogP contribution in [0.25, 0.3) is 10.2 Å². The molecule has 1 N–H and O–H groups in total. The molecular formula is C9H8ClN3S. The Morgan fingerprint density at radius 2 is 2.43 bits per heavy atom. The summed E-state index contributed by atoms with van der Waals surface area (Å²) in [6, 6.07) is 5.63. The van der Waals surface area contributed by atoms with Crippen molar-refractivity contribution in [3.8, 4) is 0 Å². The fourth-order valence-corrected chi connectivity index (χ4v) is 2.16. The third kappa shape index (κ3) is 1.86. The van der Waals surface area contributed by atoms with E-state index in [1.807, 2.05) is 25.1 Å². The molecule has 0 aliphatic carbocycles. The molecule has 3 nitrogen and oxygen atoms in total. The molecule has 0 amide bonds. The van der Waals surface area contributed by atoms with Gasteiger partial charge in [-0.3, -0.25) is 5.43 Å². The highest BCUT2D eigenvalue weighted by Crippen LogP contribution is 2.27. The summed E-state index contributed by atoms with van der Waals surface area (Å²) in [7, 11) is 0. The minimum Gasteiger partial charge on any atom is -0.253 e. The zero-order valence-electron chi connectivity index (χ0n) is 7.49. The van der Waals surface area contributed by atoms with Gasteiger partial charge in [0.1, 0.15) is 0 Å². The molecular weight excluding hydrogens is 218 g/mol. The first-order valence-corrected chi connectivity index (χ1v) is 5.29. The van der Waals surface area contributed by atoms with Gasteiger partial charge in [0, 0.05) is 11.2 Å². The van der Waals surface area contributed by atoms with Crippen LogP contribution in [0.4, 0.5) is 5.13 Å². The molecule has 0 aliphatic heterocycles. The fraction of sp³-hybridized carbons (Fsp3) is 0.111.